The monoisotopic (exact) mass is 291 g/mol. The highest BCUT2D eigenvalue weighted by Crippen LogP contribution is 2.70. The first-order chi connectivity index (χ1) is 10.7. The zero-order valence-corrected chi connectivity index (χ0v) is 12.5. The van der Waals surface area contributed by atoms with Crippen LogP contribution in [0.1, 0.15) is 30.6 Å². The number of hydrogen-bond donors (Lipinski definition) is 1. The molecule has 1 aromatic heterocycles. The Balaban J connectivity index is 1.70. The lowest BCUT2D eigenvalue weighted by atomic mass is 9.92. The number of nitriles is 1. The van der Waals surface area contributed by atoms with Gasteiger partial charge >= 0.3 is 0 Å². The lowest BCUT2D eigenvalue weighted by Crippen LogP contribution is -2.42. The molecule has 1 aromatic carbocycles. The Hall–Kier alpha value is -2.12. The van der Waals surface area contributed by atoms with Crippen LogP contribution in [0.5, 0.6) is 0 Å². The molecule has 4 heteroatoms. The Morgan fingerprint density at radius 2 is 2.27 bits per heavy atom. The molecular formula is C18H17N3O. The third kappa shape index (κ3) is 1.21. The summed E-state index contributed by atoms with van der Waals surface area (Å²) >= 11 is 0. The molecule has 1 saturated heterocycles. The third-order valence-corrected chi connectivity index (χ3v) is 6.16. The summed E-state index contributed by atoms with van der Waals surface area (Å²) in [7, 11) is 0. The van der Waals surface area contributed by atoms with Crippen molar-refractivity contribution in [2.45, 2.75) is 31.8 Å². The molecule has 3 aliphatic rings. The number of fused-ring (bicyclic) bond motifs is 7. The van der Waals surface area contributed by atoms with Gasteiger partial charge in [0.25, 0.3) is 0 Å². The number of rotatable bonds is 1. The molecule has 22 heavy (non-hydrogen) atoms. The smallest absolute Gasteiger partial charge is 0.138 e. The van der Waals surface area contributed by atoms with Crippen molar-refractivity contribution in [1.82, 2.24) is 9.88 Å². The van der Waals surface area contributed by atoms with Gasteiger partial charge in [-0.05, 0) is 37.3 Å². The Labute approximate surface area is 128 Å². The molecule has 2 aliphatic heterocycles. The number of nitrogens with one attached hydrogen (secondary N) is 1. The summed E-state index contributed by atoms with van der Waals surface area (Å²) < 4.78 is 0. The minimum absolute atomic E-state index is 0.191. The maximum atomic E-state index is 12.2. The third-order valence-electron chi connectivity index (χ3n) is 6.16. The molecular weight excluding hydrogens is 274 g/mol. The van der Waals surface area contributed by atoms with Gasteiger partial charge in [-0.2, -0.15) is 5.26 Å². The van der Waals surface area contributed by atoms with Crippen LogP contribution in [-0.4, -0.2) is 28.3 Å². The van der Waals surface area contributed by atoms with Crippen LogP contribution in [0.3, 0.4) is 0 Å². The SMILES string of the molecule is CC(=O)[C@]12C[C@H]1[C@@H]1c3[nH]c4ccccc4c3CCN1[C@H]2C#N. The number of aromatic nitrogens is 1. The lowest BCUT2D eigenvalue weighted by Gasteiger charge is -2.35. The number of aromatic amines is 1. The molecule has 2 aromatic rings. The standard InChI is InChI=1S/C18H17N3O/c1-10(22)18-8-13(18)17-16-12(6-7-21(17)15(18)9-19)11-4-2-3-5-14(11)20-16/h2-5,13,15,17,20H,6-8H2,1H3/t13-,15-,17+,18+/m0/s1. The maximum Gasteiger partial charge on any atom is 0.138 e. The molecule has 110 valence electrons. The first kappa shape index (κ1) is 12.4. The second kappa shape index (κ2) is 3.80. The number of Topliss-reactive ketones (excluding diaryl/α,β-unsaturated/α-hetero) is 1. The minimum atomic E-state index is -0.404. The molecule has 0 amide bonds. The second-order valence-electron chi connectivity index (χ2n) is 6.93. The molecule has 0 radical (unpaired) electrons. The van der Waals surface area contributed by atoms with E-state index in [1.807, 2.05) is 6.07 Å². The maximum absolute atomic E-state index is 12.2. The van der Waals surface area contributed by atoms with Gasteiger partial charge in [-0.25, -0.2) is 0 Å². The van der Waals surface area contributed by atoms with Crippen molar-refractivity contribution in [2.75, 3.05) is 6.54 Å². The van der Waals surface area contributed by atoms with Crippen LogP contribution >= 0.6 is 0 Å². The second-order valence-corrected chi connectivity index (χ2v) is 6.93. The summed E-state index contributed by atoms with van der Waals surface area (Å²) in [6.07, 6.45) is 1.82. The van der Waals surface area contributed by atoms with Gasteiger partial charge in [0.2, 0.25) is 0 Å². The van der Waals surface area contributed by atoms with Crippen LogP contribution in [0.25, 0.3) is 10.9 Å². The molecule has 1 saturated carbocycles. The number of carbonyl (C=O) groups excluding carboxylic acids is 1. The van der Waals surface area contributed by atoms with Gasteiger partial charge in [0.15, 0.2) is 0 Å². The van der Waals surface area contributed by atoms with E-state index in [2.05, 4.69) is 34.2 Å². The number of ketones is 1. The largest absolute Gasteiger partial charge is 0.357 e. The van der Waals surface area contributed by atoms with Crippen molar-refractivity contribution >= 4 is 16.7 Å². The first-order valence-electron chi connectivity index (χ1n) is 7.94. The van der Waals surface area contributed by atoms with E-state index in [4.69, 9.17) is 0 Å². The van der Waals surface area contributed by atoms with Crippen molar-refractivity contribution in [3.63, 3.8) is 0 Å². The van der Waals surface area contributed by atoms with Gasteiger partial charge in [0, 0.05) is 23.1 Å². The zero-order valence-electron chi connectivity index (χ0n) is 12.5. The number of para-hydroxylation sites is 1. The number of piperidine rings is 1. The average Bonchev–Trinajstić information content (AvgIpc) is 3.04. The van der Waals surface area contributed by atoms with E-state index >= 15 is 0 Å². The van der Waals surface area contributed by atoms with Crippen molar-refractivity contribution < 1.29 is 4.79 Å². The molecule has 4 nitrogen and oxygen atoms in total. The number of nitrogens with zero attached hydrogens (tertiary/aromatic N) is 2. The minimum Gasteiger partial charge on any atom is -0.357 e. The Kier molecular flexibility index (Phi) is 2.14. The van der Waals surface area contributed by atoms with E-state index in [0.29, 0.717) is 5.92 Å². The van der Waals surface area contributed by atoms with Crippen molar-refractivity contribution in [1.29, 1.82) is 5.26 Å². The summed E-state index contributed by atoms with van der Waals surface area (Å²) in [4.78, 5) is 18.1. The summed E-state index contributed by atoms with van der Waals surface area (Å²) in [6.45, 7) is 2.54. The van der Waals surface area contributed by atoms with Crippen molar-refractivity contribution in [3.05, 3.63) is 35.5 Å². The van der Waals surface area contributed by atoms with Gasteiger partial charge in [0.1, 0.15) is 11.8 Å². The Morgan fingerprint density at radius 3 is 3.05 bits per heavy atom. The van der Waals surface area contributed by atoms with Crippen molar-refractivity contribution in [2.24, 2.45) is 11.3 Å². The fourth-order valence-corrected chi connectivity index (χ4v) is 5.11. The molecule has 4 atom stereocenters. The normalized spacial score (nSPS) is 35.5. The fourth-order valence-electron chi connectivity index (χ4n) is 5.11. The van der Waals surface area contributed by atoms with Crippen LogP contribution in [0.4, 0.5) is 0 Å². The summed E-state index contributed by atoms with van der Waals surface area (Å²) in [6, 6.07) is 10.8. The van der Waals surface area contributed by atoms with Crippen LogP contribution in [0, 0.1) is 22.7 Å². The average molecular weight is 291 g/mol. The summed E-state index contributed by atoms with van der Waals surface area (Å²) in [5.41, 5.74) is 3.40. The topological polar surface area (TPSA) is 59.9 Å². The van der Waals surface area contributed by atoms with E-state index in [1.165, 1.54) is 22.2 Å². The van der Waals surface area contributed by atoms with E-state index in [0.717, 1.165) is 19.4 Å². The highest BCUT2D eigenvalue weighted by Gasteiger charge is 2.74. The van der Waals surface area contributed by atoms with Gasteiger partial charge < -0.3 is 4.98 Å². The number of hydrogen-bond acceptors (Lipinski definition) is 3. The summed E-state index contributed by atoms with van der Waals surface area (Å²) in [5, 5.41) is 10.9. The van der Waals surface area contributed by atoms with Gasteiger partial charge in [0.05, 0.1) is 17.5 Å². The predicted molar refractivity (Wildman–Crippen MR) is 82.1 cm³/mol. The highest BCUT2D eigenvalue weighted by molar-refractivity contribution is 5.89. The number of benzene rings is 1. The van der Waals surface area contributed by atoms with Crippen LogP contribution in [0.2, 0.25) is 0 Å². The Bertz CT molecular complexity index is 861. The van der Waals surface area contributed by atoms with Crippen LogP contribution < -0.4 is 0 Å². The lowest BCUT2D eigenvalue weighted by molar-refractivity contribution is -0.122. The summed E-state index contributed by atoms with van der Waals surface area (Å²) in [5.74, 6) is 0.498. The van der Waals surface area contributed by atoms with E-state index in [-0.39, 0.29) is 17.9 Å². The fraction of sp³-hybridized carbons (Fsp3) is 0.444. The van der Waals surface area contributed by atoms with Crippen LogP contribution in [-0.2, 0) is 11.2 Å². The predicted octanol–water partition coefficient (Wildman–Crippen LogP) is 2.57. The zero-order chi connectivity index (χ0) is 15.1. The van der Waals surface area contributed by atoms with Gasteiger partial charge in [-0.1, -0.05) is 18.2 Å². The Morgan fingerprint density at radius 1 is 1.45 bits per heavy atom. The quantitative estimate of drug-likeness (QED) is 0.878. The molecule has 5 rings (SSSR count). The first-order valence-corrected chi connectivity index (χ1v) is 7.94. The molecule has 3 heterocycles. The van der Waals surface area contributed by atoms with Crippen molar-refractivity contribution in [3.8, 4) is 6.07 Å². The van der Waals surface area contributed by atoms with Crippen LogP contribution in [0.15, 0.2) is 24.3 Å². The van der Waals surface area contributed by atoms with E-state index in [1.54, 1.807) is 6.92 Å². The number of H-pyrrole nitrogens is 1. The highest BCUT2D eigenvalue weighted by atomic mass is 16.1. The molecule has 2 fully saturated rings. The molecule has 0 spiro atoms. The van der Waals surface area contributed by atoms with Gasteiger partial charge in [-0.3, -0.25) is 9.69 Å². The molecule has 1 N–H and O–H groups in total. The molecule has 1 aliphatic carbocycles. The molecule has 0 bridgehead atoms. The van der Waals surface area contributed by atoms with E-state index in [9.17, 15) is 10.1 Å². The molecule has 0 unspecified atom stereocenters. The number of carbonyl (C=O) groups is 1. The van der Waals surface area contributed by atoms with E-state index < -0.39 is 5.41 Å². The van der Waals surface area contributed by atoms with Gasteiger partial charge in [-0.15, -0.1) is 0 Å².